The van der Waals surface area contributed by atoms with Gasteiger partial charge in [-0.05, 0) is 17.3 Å². The zero-order valence-corrected chi connectivity index (χ0v) is 6.93. The van der Waals surface area contributed by atoms with Gasteiger partial charge in [0.2, 0.25) is 0 Å². The molecule has 1 heterocycles. The van der Waals surface area contributed by atoms with Crippen LogP contribution in [0.25, 0.3) is 0 Å². The summed E-state index contributed by atoms with van der Waals surface area (Å²) in [6.45, 7) is 0.921. The Kier molecular flexibility index (Phi) is 2.04. The summed E-state index contributed by atoms with van der Waals surface area (Å²) in [5, 5.41) is 13.1. The van der Waals surface area contributed by atoms with E-state index in [1.165, 1.54) is 0 Å². The zero-order chi connectivity index (χ0) is 9.10. The summed E-state index contributed by atoms with van der Waals surface area (Å²) in [7, 11) is 0. The molecule has 0 spiro atoms. The largest absolute Gasteiger partial charge is 0.507 e. The van der Waals surface area contributed by atoms with Crippen LogP contribution < -0.4 is 0 Å². The second-order valence-corrected chi connectivity index (χ2v) is 2.60. The lowest BCUT2D eigenvalue weighted by Crippen LogP contribution is -2.17. The first-order chi connectivity index (χ1) is 6.38. The molecule has 13 heavy (non-hydrogen) atoms. The summed E-state index contributed by atoms with van der Waals surface area (Å²) >= 11 is 0. The lowest BCUT2D eigenvalue weighted by atomic mass is 10.2. The fourth-order valence-corrected chi connectivity index (χ4v) is 1.09. The van der Waals surface area contributed by atoms with Gasteiger partial charge in [0.15, 0.2) is 6.61 Å². The molecule has 0 saturated heterocycles. The van der Waals surface area contributed by atoms with Gasteiger partial charge in [0.05, 0.1) is 5.56 Å². The van der Waals surface area contributed by atoms with Gasteiger partial charge in [0.25, 0.3) is 5.90 Å². The van der Waals surface area contributed by atoms with Crippen LogP contribution in [0.5, 0.6) is 5.75 Å². The van der Waals surface area contributed by atoms with Crippen LogP contribution in [-0.2, 0) is 9.57 Å². The molecule has 0 aliphatic carbocycles. The molecule has 4 nitrogen and oxygen atoms in total. The van der Waals surface area contributed by atoms with Gasteiger partial charge in [0, 0.05) is 0 Å². The van der Waals surface area contributed by atoms with Gasteiger partial charge in [0.1, 0.15) is 12.4 Å². The van der Waals surface area contributed by atoms with Crippen LogP contribution in [0.15, 0.2) is 29.4 Å². The fourth-order valence-electron chi connectivity index (χ4n) is 1.09. The van der Waals surface area contributed by atoms with E-state index in [0.717, 1.165) is 0 Å². The van der Waals surface area contributed by atoms with E-state index >= 15 is 0 Å². The maximum atomic E-state index is 9.45. The third-order valence-electron chi connectivity index (χ3n) is 1.70. The van der Waals surface area contributed by atoms with Gasteiger partial charge >= 0.3 is 0 Å². The van der Waals surface area contributed by atoms with E-state index in [1.807, 2.05) is 0 Å². The minimum atomic E-state index is 0.145. The Balaban J connectivity index is 2.34. The molecule has 2 rings (SSSR count). The molecule has 0 saturated carbocycles. The molecule has 0 fully saturated rings. The van der Waals surface area contributed by atoms with Crippen molar-refractivity contribution >= 4 is 5.90 Å². The lowest BCUT2D eigenvalue weighted by Gasteiger charge is -2.13. The van der Waals surface area contributed by atoms with Crippen molar-refractivity contribution in [3.8, 4) is 5.75 Å². The highest BCUT2D eigenvalue weighted by molar-refractivity contribution is 5.96. The van der Waals surface area contributed by atoms with E-state index in [9.17, 15) is 5.11 Å². The highest BCUT2D eigenvalue weighted by Gasteiger charge is 2.13. The quantitative estimate of drug-likeness (QED) is 0.702. The van der Waals surface area contributed by atoms with Gasteiger partial charge < -0.3 is 14.7 Å². The molecule has 0 aromatic heterocycles. The minimum absolute atomic E-state index is 0.145. The van der Waals surface area contributed by atoms with Crippen LogP contribution in [0, 0.1) is 0 Å². The molecule has 0 radical (unpaired) electrons. The first kappa shape index (κ1) is 7.91. The number of ether oxygens (including phenoxy) is 1. The molecule has 0 atom stereocenters. The topological polar surface area (TPSA) is 51.1 Å². The number of phenols is 1. The first-order valence-electron chi connectivity index (χ1n) is 3.99. The van der Waals surface area contributed by atoms with Crippen molar-refractivity contribution in [1.82, 2.24) is 0 Å². The predicted molar refractivity (Wildman–Crippen MR) is 46.5 cm³/mol. The number of para-hydroxylation sites is 1. The molecule has 1 aromatic carbocycles. The molecule has 0 unspecified atom stereocenters. The Morgan fingerprint density at radius 2 is 2.08 bits per heavy atom. The molecular formula is C9H9NO3. The van der Waals surface area contributed by atoms with Crippen molar-refractivity contribution in [3.63, 3.8) is 0 Å². The van der Waals surface area contributed by atoms with E-state index in [0.29, 0.717) is 24.7 Å². The molecule has 4 heteroatoms. The van der Waals surface area contributed by atoms with Crippen molar-refractivity contribution in [2.24, 2.45) is 5.16 Å². The molecule has 0 amide bonds. The number of oxime groups is 1. The average molecular weight is 179 g/mol. The molecule has 1 aliphatic heterocycles. The van der Waals surface area contributed by atoms with Gasteiger partial charge in [-0.25, -0.2) is 0 Å². The maximum Gasteiger partial charge on any atom is 0.261 e. The molecule has 0 bridgehead atoms. The number of hydrogen-bond donors (Lipinski definition) is 1. The standard InChI is InChI=1S/C9H9NO3/c11-8-4-2-1-3-7(8)9-10-13-6-5-12-9/h1-4,11H,5-6H2. The third kappa shape index (κ3) is 1.56. The van der Waals surface area contributed by atoms with Crippen LogP contribution in [0.1, 0.15) is 5.56 Å². The molecule has 1 N–H and O–H groups in total. The third-order valence-corrected chi connectivity index (χ3v) is 1.70. The summed E-state index contributed by atoms with van der Waals surface area (Å²) in [6.07, 6.45) is 0. The number of phenolic OH excluding ortho intramolecular Hbond substituents is 1. The van der Waals surface area contributed by atoms with Crippen molar-refractivity contribution in [2.45, 2.75) is 0 Å². The van der Waals surface area contributed by atoms with Crippen LogP contribution >= 0.6 is 0 Å². The Morgan fingerprint density at radius 3 is 2.77 bits per heavy atom. The summed E-state index contributed by atoms with van der Waals surface area (Å²) in [6, 6.07) is 6.84. The predicted octanol–water partition coefficient (Wildman–Crippen LogP) is 1.10. The summed E-state index contributed by atoms with van der Waals surface area (Å²) in [5.74, 6) is 0.483. The van der Waals surface area contributed by atoms with Crippen LogP contribution in [0.4, 0.5) is 0 Å². The van der Waals surface area contributed by atoms with Crippen molar-refractivity contribution in [1.29, 1.82) is 0 Å². The van der Waals surface area contributed by atoms with E-state index in [4.69, 9.17) is 9.57 Å². The number of benzene rings is 1. The number of hydrogen-bond acceptors (Lipinski definition) is 4. The van der Waals surface area contributed by atoms with Crippen molar-refractivity contribution in [2.75, 3.05) is 13.2 Å². The second kappa shape index (κ2) is 3.35. The van der Waals surface area contributed by atoms with Gasteiger partial charge in [-0.15, -0.1) is 0 Å². The summed E-state index contributed by atoms with van der Waals surface area (Å²) < 4.78 is 5.21. The van der Waals surface area contributed by atoms with Crippen molar-refractivity contribution in [3.05, 3.63) is 29.8 Å². The van der Waals surface area contributed by atoms with Crippen LogP contribution in [-0.4, -0.2) is 24.2 Å². The van der Waals surface area contributed by atoms with Gasteiger partial charge in [-0.3, -0.25) is 0 Å². The first-order valence-corrected chi connectivity index (χ1v) is 3.99. The highest BCUT2D eigenvalue weighted by Crippen LogP contribution is 2.18. The SMILES string of the molecule is Oc1ccccc1C1=NOCCO1. The number of rotatable bonds is 1. The molecule has 68 valence electrons. The Hall–Kier alpha value is -1.71. The zero-order valence-electron chi connectivity index (χ0n) is 6.93. The lowest BCUT2D eigenvalue weighted by molar-refractivity contribution is 0.0653. The Labute approximate surface area is 75.4 Å². The van der Waals surface area contributed by atoms with Crippen molar-refractivity contribution < 1.29 is 14.7 Å². The summed E-state index contributed by atoms with van der Waals surface area (Å²) in [4.78, 5) is 4.84. The monoisotopic (exact) mass is 179 g/mol. The van der Waals surface area contributed by atoms with E-state index < -0.39 is 0 Å². The molecule has 1 aromatic rings. The van der Waals surface area contributed by atoms with Crippen LogP contribution in [0.2, 0.25) is 0 Å². The summed E-state index contributed by atoms with van der Waals surface area (Å²) in [5.41, 5.74) is 0.558. The second-order valence-electron chi connectivity index (χ2n) is 2.60. The fraction of sp³-hybridized carbons (Fsp3) is 0.222. The smallest absolute Gasteiger partial charge is 0.261 e. The van der Waals surface area contributed by atoms with Crippen LogP contribution in [0.3, 0.4) is 0 Å². The average Bonchev–Trinajstić information content (AvgIpc) is 2.20. The number of nitrogens with zero attached hydrogens (tertiary/aromatic N) is 1. The Bertz CT molecular complexity index is 335. The van der Waals surface area contributed by atoms with E-state index in [1.54, 1.807) is 24.3 Å². The van der Waals surface area contributed by atoms with E-state index in [2.05, 4.69) is 5.16 Å². The maximum absolute atomic E-state index is 9.45. The van der Waals surface area contributed by atoms with Gasteiger partial charge in [-0.1, -0.05) is 12.1 Å². The minimum Gasteiger partial charge on any atom is -0.507 e. The van der Waals surface area contributed by atoms with Gasteiger partial charge in [-0.2, -0.15) is 0 Å². The van der Waals surface area contributed by atoms with E-state index in [-0.39, 0.29) is 5.75 Å². The highest BCUT2D eigenvalue weighted by atomic mass is 16.7. The molecule has 1 aliphatic rings. The Morgan fingerprint density at radius 1 is 1.23 bits per heavy atom. The normalized spacial score (nSPS) is 15.5. The number of aromatic hydroxyl groups is 1. The molecular weight excluding hydrogens is 170 g/mol.